The lowest BCUT2D eigenvalue weighted by Gasteiger charge is -2.09. The third-order valence-corrected chi connectivity index (χ3v) is 1.96. The minimum absolute atomic E-state index is 0.0492. The number of hydrogen-bond donors (Lipinski definition) is 1. The summed E-state index contributed by atoms with van der Waals surface area (Å²) in [5.74, 6) is 0. The number of aliphatic hydroxyl groups is 1. The van der Waals surface area contributed by atoms with E-state index in [0.29, 0.717) is 6.61 Å². The molecule has 0 fully saturated rings. The van der Waals surface area contributed by atoms with E-state index in [4.69, 9.17) is 21.4 Å². The van der Waals surface area contributed by atoms with Crippen molar-refractivity contribution in [2.75, 3.05) is 6.61 Å². The van der Waals surface area contributed by atoms with Crippen LogP contribution in [-0.2, 0) is 11.3 Å². The molecule has 0 amide bonds. The Kier molecular flexibility index (Phi) is 4.22. The van der Waals surface area contributed by atoms with Crippen molar-refractivity contribution < 1.29 is 9.84 Å². The molecule has 0 radical (unpaired) electrons. The molecule has 3 heteroatoms. The van der Waals surface area contributed by atoms with Crippen LogP contribution in [0.5, 0.6) is 0 Å². The summed E-state index contributed by atoms with van der Waals surface area (Å²) in [7, 11) is 0. The molecule has 1 unspecified atom stereocenters. The van der Waals surface area contributed by atoms with Crippen molar-refractivity contribution in [2.24, 2.45) is 0 Å². The Bertz CT molecular complexity index is 246. The number of ether oxygens (including phenoxy) is 1. The molecular formula is C10H13ClO2. The van der Waals surface area contributed by atoms with Gasteiger partial charge in [-0.3, -0.25) is 0 Å². The highest BCUT2D eigenvalue weighted by Gasteiger charge is 1.99. The quantitative estimate of drug-likeness (QED) is 0.808. The third-order valence-electron chi connectivity index (χ3n) is 1.70. The first-order chi connectivity index (χ1) is 6.22. The standard InChI is InChI=1S/C10H13ClO2/c1-8(6-12)13-7-9-2-4-10(11)5-3-9/h2-5,8,12H,6-7H2,1H3. The van der Waals surface area contributed by atoms with Gasteiger partial charge in [-0.05, 0) is 24.6 Å². The average Bonchev–Trinajstić information content (AvgIpc) is 2.16. The molecule has 0 heterocycles. The van der Waals surface area contributed by atoms with Gasteiger partial charge in [-0.2, -0.15) is 0 Å². The molecule has 0 aromatic heterocycles. The van der Waals surface area contributed by atoms with Crippen molar-refractivity contribution in [3.8, 4) is 0 Å². The highest BCUT2D eigenvalue weighted by Crippen LogP contribution is 2.10. The van der Waals surface area contributed by atoms with Crippen LogP contribution in [0, 0.1) is 0 Å². The Morgan fingerprint density at radius 3 is 2.54 bits per heavy atom. The van der Waals surface area contributed by atoms with Crippen LogP contribution in [0.1, 0.15) is 12.5 Å². The zero-order chi connectivity index (χ0) is 9.68. The molecular weight excluding hydrogens is 188 g/mol. The molecule has 0 bridgehead atoms. The van der Waals surface area contributed by atoms with Gasteiger partial charge in [0.05, 0.1) is 19.3 Å². The minimum atomic E-state index is -0.115. The Morgan fingerprint density at radius 2 is 2.00 bits per heavy atom. The molecule has 1 rings (SSSR count). The highest BCUT2D eigenvalue weighted by molar-refractivity contribution is 6.30. The summed E-state index contributed by atoms with van der Waals surface area (Å²) in [5.41, 5.74) is 1.06. The second-order valence-electron chi connectivity index (χ2n) is 2.93. The van der Waals surface area contributed by atoms with Crippen molar-refractivity contribution >= 4 is 11.6 Å². The van der Waals surface area contributed by atoms with Crippen molar-refractivity contribution in [3.05, 3.63) is 34.9 Å². The molecule has 13 heavy (non-hydrogen) atoms. The van der Waals surface area contributed by atoms with E-state index in [1.165, 1.54) is 0 Å². The van der Waals surface area contributed by atoms with E-state index in [2.05, 4.69) is 0 Å². The van der Waals surface area contributed by atoms with E-state index >= 15 is 0 Å². The second-order valence-corrected chi connectivity index (χ2v) is 3.37. The maximum absolute atomic E-state index is 8.71. The molecule has 2 nitrogen and oxygen atoms in total. The Balaban J connectivity index is 2.41. The molecule has 0 saturated carbocycles. The highest BCUT2D eigenvalue weighted by atomic mass is 35.5. The first kappa shape index (κ1) is 10.5. The molecule has 0 spiro atoms. The molecule has 1 N–H and O–H groups in total. The van der Waals surface area contributed by atoms with Gasteiger partial charge < -0.3 is 9.84 Å². The Morgan fingerprint density at radius 1 is 1.38 bits per heavy atom. The third kappa shape index (κ3) is 3.77. The predicted octanol–water partition coefficient (Wildman–Crippen LogP) is 2.24. The van der Waals surface area contributed by atoms with Gasteiger partial charge in [0.2, 0.25) is 0 Å². The maximum atomic E-state index is 8.71. The summed E-state index contributed by atoms with van der Waals surface area (Å²) < 4.78 is 5.32. The van der Waals surface area contributed by atoms with Crippen molar-refractivity contribution in [1.82, 2.24) is 0 Å². The number of hydrogen-bond acceptors (Lipinski definition) is 2. The van der Waals surface area contributed by atoms with Gasteiger partial charge in [0, 0.05) is 5.02 Å². The minimum Gasteiger partial charge on any atom is -0.394 e. The van der Waals surface area contributed by atoms with Gasteiger partial charge >= 0.3 is 0 Å². The van der Waals surface area contributed by atoms with Crippen molar-refractivity contribution in [1.29, 1.82) is 0 Å². The summed E-state index contributed by atoms with van der Waals surface area (Å²) in [6.07, 6.45) is -0.115. The van der Waals surface area contributed by atoms with Gasteiger partial charge in [-0.1, -0.05) is 23.7 Å². The summed E-state index contributed by atoms with van der Waals surface area (Å²) in [4.78, 5) is 0. The van der Waals surface area contributed by atoms with E-state index in [9.17, 15) is 0 Å². The largest absolute Gasteiger partial charge is 0.394 e. The van der Waals surface area contributed by atoms with Crippen LogP contribution in [0.2, 0.25) is 5.02 Å². The summed E-state index contributed by atoms with van der Waals surface area (Å²) in [6.45, 7) is 2.39. The average molecular weight is 201 g/mol. The van der Waals surface area contributed by atoms with E-state index in [1.807, 2.05) is 31.2 Å². The number of rotatable bonds is 4. The van der Waals surface area contributed by atoms with E-state index in [-0.39, 0.29) is 12.7 Å². The number of aliphatic hydroxyl groups excluding tert-OH is 1. The van der Waals surface area contributed by atoms with Crippen LogP contribution in [0.4, 0.5) is 0 Å². The Hall–Kier alpha value is -0.570. The lowest BCUT2D eigenvalue weighted by molar-refractivity contribution is 0.0145. The Labute approximate surface area is 83.1 Å². The maximum Gasteiger partial charge on any atom is 0.0782 e. The van der Waals surface area contributed by atoms with Crippen LogP contribution < -0.4 is 0 Å². The zero-order valence-electron chi connectivity index (χ0n) is 7.53. The van der Waals surface area contributed by atoms with E-state index < -0.39 is 0 Å². The van der Waals surface area contributed by atoms with Crippen molar-refractivity contribution in [3.63, 3.8) is 0 Å². The molecule has 1 atom stereocenters. The van der Waals surface area contributed by atoms with Gasteiger partial charge in [-0.15, -0.1) is 0 Å². The number of benzene rings is 1. The smallest absolute Gasteiger partial charge is 0.0782 e. The monoisotopic (exact) mass is 200 g/mol. The van der Waals surface area contributed by atoms with Crippen LogP contribution >= 0.6 is 11.6 Å². The fraction of sp³-hybridized carbons (Fsp3) is 0.400. The van der Waals surface area contributed by atoms with Gasteiger partial charge in [-0.25, -0.2) is 0 Å². The molecule has 1 aromatic rings. The van der Waals surface area contributed by atoms with Crippen LogP contribution in [0.25, 0.3) is 0 Å². The number of halogens is 1. The molecule has 0 aliphatic carbocycles. The van der Waals surface area contributed by atoms with E-state index in [0.717, 1.165) is 10.6 Å². The van der Waals surface area contributed by atoms with Crippen LogP contribution in [-0.4, -0.2) is 17.8 Å². The predicted molar refractivity (Wildman–Crippen MR) is 52.8 cm³/mol. The lowest BCUT2D eigenvalue weighted by Crippen LogP contribution is -2.12. The molecule has 72 valence electrons. The molecule has 0 saturated heterocycles. The SMILES string of the molecule is CC(CO)OCc1ccc(Cl)cc1. The molecule has 0 aliphatic rings. The first-order valence-corrected chi connectivity index (χ1v) is 4.57. The lowest BCUT2D eigenvalue weighted by atomic mass is 10.2. The second kappa shape index (κ2) is 5.22. The van der Waals surface area contributed by atoms with Gasteiger partial charge in [0.25, 0.3) is 0 Å². The van der Waals surface area contributed by atoms with Gasteiger partial charge in [0.15, 0.2) is 0 Å². The van der Waals surface area contributed by atoms with Gasteiger partial charge in [0.1, 0.15) is 0 Å². The van der Waals surface area contributed by atoms with Crippen LogP contribution in [0.3, 0.4) is 0 Å². The molecule has 1 aromatic carbocycles. The molecule has 0 aliphatic heterocycles. The van der Waals surface area contributed by atoms with Crippen molar-refractivity contribution in [2.45, 2.75) is 19.6 Å². The first-order valence-electron chi connectivity index (χ1n) is 4.19. The zero-order valence-corrected chi connectivity index (χ0v) is 8.29. The summed E-state index contributed by atoms with van der Waals surface area (Å²) in [5, 5.41) is 9.43. The van der Waals surface area contributed by atoms with Crippen LogP contribution in [0.15, 0.2) is 24.3 Å². The topological polar surface area (TPSA) is 29.5 Å². The summed E-state index contributed by atoms with van der Waals surface area (Å²) >= 11 is 5.72. The van der Waals surface area contributed by atoms with E-state index in [1.54, 1.807) is 0 Å². The fourth-order valence-corrected chi connectivity index (χ4v) is 0.998. The summed E-state index contributed by atoms with van der Waals surface area (Å²) in [6, 6.07) is 7.46. The fourth-order valence-electron chi connectivity index (χ4n) is 0.872. The normalized spacial score (nSPS) is 12.8.